The van der Waals surface area contributed by atoms with Gasteiger partial charge in [-0.2, -0.15) is 0 Å². The van der Waals surface area contributed by atoms with Crippen LogP contribution < -0.4 is 16.0 Å². The minimum Gasteiger partial charge on any atom is -0.350 e. The quantitative estimate of drug-likeness (QED) is 0.121. The number of aliphatic imine (C=N–C) groups is 3. The fourth-order valence-electron chi connectivity index (χ4n) is 13.9. The highest BCUT2D eigenvalue weighted by atomic mass is 15.3. The molecule has 86 heavy (non-hydrogen) atoms. The summed E-state index contributed by atoms with van der Waals surface area (Å²) in [5.74, 6) is 3.06. The number of hydrogen-bond donors (Lipinski definition) is 3. The predicted molar refractivity (Wildman–Crippen MR) is 356 cm³/mol. The van der Waals surface area contributed by atoms with Crippen molar-refractivity contribution in [2.24, 2.45) is 32.7 Å². The van der Waals surface area contributed by atoms with Crippen molar-refractivity contribution in [3.05, 3.63) is 306 Å². The topological polar surface area (TPSA) is 83.0 Å². The molecular formula is C78H64N8. The first-order valence-corrected chi connectivity index (χ1v) is 30.5. The number of aromatic nitrogens is 2. The van der Waals surface area contributed by atoms with E-state index in [1.165, 1.54) is 71.9 Å². The van der Waals surface area contributed by atoms with E-state index in [9.17, 15) is 0 Å². The van der Waals surface area contributed by atoms with Crippen molar-refractivity contribution in [2.45, 2.75) is 50.6 Å². The Morgan fingerprint density at radius 3 is 1.91 bits per heavy atom. The molecule has 0 bridgehead atoms. The molecule has 0 amide bonds. The smallest absolute Gasteiger partial charge is 0.147 e. The highest BCUT2D eigenvalue weighted by Gasteiger charge is 2.34. The number of nitrogens with one attached hydrogen (secondary N) is 3. The molecule has 16 rings (SSSR count). The summed E-state index contributed by atoms with van der Waals surface area (Å²) in [6.45, 7) is 0. The molecule has 0 fully saturated rings. The van der Waals surface area contributed by atoms with Gasteiger partial charge < -0.3 is 19.8 Å². The molecule has 0 saturated heterocycles. The van der Waals surface area contributed by atoms with Crippen LogP contribution in [-0.4, -0.2) is 26.6 Å². The average molecular weight is 1110 g/mol. The zero-order valence-electron chi connectivity index (χ0n) is 47.7. The van der Waals surface area contributed by atoms with Crippen LogP contribution in [0.15, 0.2) is 282 Å². The van der Waals surface area contributed by atoms with Crippen molar-refractivity contribution in [1.82, 2.24) is 25.1 Å². The van der Waals surface area contributed by atoms with E-state index in [-0.39, 0.29) is 24.4 Å². The fraction of sp³-hybridized carbons (Fsp3) is 0.141. The van der Waals surface area contributed by atoms with Gasteiger partial charge in [0.15, 0.2) is 0 Å². The van der Waals surface area contributed by atoms with Crippen molar-refractivity contribution >= 4 is 62.0 Å². The molecule has 0 radical (unpaired) electrons. The Bertz CT molecular complexity index is 4590. The minimum atomic E-state index is -0.390. The molecule has 6 atom stereocenters. The molecule has 8 heteroatoms. The molecule has 8 aromatic carbocycles. The fourth-order valence-corrected chi connectivity index (χ4v) is 13.9. The first-order valence-electron chi connectivity index (χ1n) is 30.5. The minimum absolute atomic E-state index is 0.000823. The van der Waals surface area contributed by atoms with E-state index in [1.807, 2.05) is 0 Å². The lowest BCUT2D eigenvalue weighted by atomic mass is 9.79. The van der Waals surface area contributed by atoms with Gasteiger partial charge in [0.05, 0.1) is 22.2 Å². The van der Waals surface area contributed by atoms with Crippen LogP contribution in [0.4, 0.5) is 0 Å². The maximum Gasteiger partial charge on any atom is 0.147 e. The van der Waals surface area contributed by atoms with Gasteiger partial charge in [-0.25, -0.2) is 15.0 Å². The molecule has 6 aliphatic rings. The zero-order chi connectivity index (χ0) is 56.9. The number of hydrogen-bond acceptors (Lipinski definition) is 6. The van der Waals surface area contributed by atoms with Crippen molar-refractivity contribution in [1.29, 1.82) is 0 Å². The van der Waals surface area contributed by atoms with Gasteiger partial charge in [0.25, 0.3) is 0 Å². The SMILES string of the molecule is C1=CCCC(n2c3ccccc3c3c4c(cc(-c5ccccc5)c32)c2c(n4-c3ccc(C4=NC(c5ccccc5)NC(c5ccc(-c6ccccc6)cc5)N4)cc3C3=NC(C4C=CC=CC4)=NC(c4ccccc4)N3)C=CC(C3C=CC=CC3)C2)=C1. The van der Waals surface area contributed by atoms with Gasteiger partial charge in [-0.05, 0) is 125 Å². The first-order chi connectivity index (χ1) is 42.6. The first kappa shape index (κ1) is 51.5. The van der Waals surface area contributed by atoms with Gasteiger partial charge in [-0.15, -0.1) is 0 Å². The van der Waals surface area contributed by atoms with Crippen LogP contribution in [0.2, 0.25) is 0 Å². The number of benzene rings is 8. The van der Waals surface area contributed by atoms with E-state index in [4.69, 9.17) is 15.0 Å². The van der Waals surface area contributed by atoms with Crippen LogP contribution in [0, 0.1) is 17.8 Å². The van der Waals surface area contributed by atoms with Gasteiger partial charge in [0, 0.05) is 50.2 Å². The highest BCUT2D eigenvalue weighted by molar-refractivity contribution is 6.26. The molecule has 2 aliphatic heterocycles. The van der Waals surface area contributed by atoms with Crippen molar-refractivity contribution in [3.63, 3.8) is 0 Å². The lowest BCUT2D eigenvalue weighted by Crippen LogP contribution is -2.45. The Kier molecular flexibility index (Phi) is 13.2. The third-order valence-electron chi connectivity index (χ3n) is 18.2. The maximum absolute atomic E-state index is 5.70. The normalized spacial score (nSPS) is 21.4. The summed E-state index contributed by atoms with van der Waals surface area (Å²) in [4.78, 5) is 16.7. The van der Waals surface area contributed by atoms with E-state index < -0.39 is 0 Å². The summed E-state index contributed by atoms with van der Waals surface area (Å²) in [7, 11) is 0. The molecule has 2 aromatic heterocycles. The average Bonchev–Trinajstić information content (AvgIpc) is 1.72. The molecule has 4 heterocycles. The second-order valence-electron chi connectivity index (χ2n) is 23.3. The molecular weight excluding hydrogens is 1050 g/mol. The van der Waals surface area contributed by atoms with E-state index in [0.29, 0.717) is 11.8 Å². The summed E-state index contributed by atoms with van der Waals surface area (Å²) in [5.41, 5.74) is 18.4. The Balaban J connectivity index is 0.964. The lowest BCUT2D eigenvalue weighted by Gasteiger charge is -2.33. The van der Waals surface area contributed by atoms with Gasteiger partial charge in [-0.3, -0.25) is 5.32 Å². The summed E-state index contributed by atoms with van der Waals surface area (Å²) in [6.07, 6.45) is 33.4. The standard InChI is InChI=1S/C78H64N8/c1-8-24-51(25-9-1)53-40-42-58(43-41-53)76-79-73(55-30-14-4-15-31-55)81-77(82-76)60-45-47-69(66(49-60)78-83-74(56-32-16-5-17-33-56)80-75(84-78)57-34-18-6-19-35-57)86-68-46-44-59(52-26-10-2-11-27-52)48-64(68)65-50-63(54-28-12-3-13-29-54)71-70(72(65)86)62-38-22-23-39-67(62)85(71)61-36-20-7-21-37-61/h1-20,22-26,28-34,36,38-47,49-50,52,57,59,73-74,76,79H,21,27,35,37,48H2,(H,81,82)(H,80,83,84). The number of rotatable bonds is 11. The molecule has 10 aromatic rings. The van der Waals surface area contributed by atoms with E-state index in [2.05, 4.69) is 298 Å². The van der Waals surface area contributed by atoms with E-state index in [1.54, 1.807) is 0 Å². The number of allylic oxidation sites excluding steroid dienone is 12. The van der Waals surface area contributed by atoms with E-state index >= 15 is 0 Å². The number of nitrogens with zero attached hydrogens (tertiary/aromatic N) is 5. The second kappa shape index (κ2) is 22.1. The number of fused-ring (bicyclic) bond motifs is 7. The third kappa shape index (κ3) is 9.34. The Labute approximate surface area is 501 Å². The maximum atomic E-state index is 5.70. The Morgan fingerprint density at radius 2 is 1.17 bits per heavy atom. The van der Waals surface area contributed by atoms with E-state index in [0.717, 1.165) is 83.1 Å². The van der Waals surface area contributed by atoms with Crippen molar-refractivity contribution < 1.29 is 0 Å². The van der Waals surface area contributed by atoms with Crippen LogP contribution in [-0.2, 0) is 6.42 Å². The molecule has 416 valence electrons. The van der Waals surface area contributed by atoms with Gasteiger partial charge in [0.2, 0.25) is 0 Å². The molecule has 0 saturated carbocycles. The van der Waals surface area contributed by atoms with Crippen LogP contribution in [0.3, 0.4) is 0 Å². The van der Waals surface area contributed by atoms with Crippen LogP contribution in [0.5, 0.6) is 0 Å². The molecule has 8 nitrogen and oxygen atoms in total. The molecule has 3 N–H and O–H groups in total. The number of amidine groups is 3. The third-order valence-corrected chi connectivity index (χ3v) is 18.2. The van der Waals surface area contributed by atoms with Crippen LogP contribution in [0.1, 0.15) is 83.3 Å². The Hall–Kier alpha value is -10.2. The predicted octanol–water partition coefficient (Wildman–Crippen LogP) is 17.5. The van der Waals surface area contributed by atoms with Crippen LogP contribution >= 0.6 is 0 Å². The van der Waals surface area contributed by atoms with Gasteiger partial charge in [-0.1, -0.05) is 231 Å². The van der Waals surface area contributed by atoms with Gasteiger partial charge in [0.1, 0.15) is 36.0 Å². The zero-order valence-corrected chi connectivity index (χ0v) is 47.7. The molecule has 0 spiro atoms. The largest absolute Gasteiger partial charge is 0.350 e. The van der Waals surface area contributed by atoms with Crippen LogP contribution in [0.25, 0.3) is 72.4 Å². The highest BCUT2D eigenvalue weighted by Crippen LogP contribution is 2.49. The number of para-hydroxylation sites is 1. The summed E-state index contributed by atoms with van der Waals surface area (Å²) >= 11 is 0. The Morgan fingerprint density at radius 1 is 0.477 bits per heavy atom. The summed E-state index contributed by atoms with van der Waals surface area (Å²) in [5, 5.41) is 15.5. The molecule has 4 aliphatic carbocycles. The summed E-state index contributed by atoms with van der Waals surface area (Å²) in [6, 6.07) is 70.3. The monoisotopic (exact) mass is 1110 g/mol. The second-order valence-corrected chi connectivity index (χ2v) is 23.3. The van der Waals surface area contributed by atoms with Gasteiger partial charge >= 0.3 is 0 Å². The van der Waals surface area contributed by atoms with Crippen molar-refractivity contribution in [3.8, 4) is 27.9 Å². The van der Waals surface area contributed by atoms with Crippen molar-refractivity contribution in [2.75, 3.05) is 0 Å². The summed E-state index contributed by atoms with van der Waals surface area (Å²) < 4.78 is 5.18. The molecule has 6 unspecified atom stereocenters. The lowest BCUT2D eigenvalue weighted by molar-refractivity contribution is 0.409.